The van der Waals surface area contributed by atoms with Crippen LogP contribution in [0.1, 0.15) is 16.7 Å². The first kappa shape index (κ1) is 32.8. The van der Waals surface area contributed by atoms with E-state index in [4.69, 9.17) is 19.9 Å². The van der Waals surface area contributed by atoms with Crippen molar-refractivity contribution in [3.05, 3.63) is 227 Å². The number of hydrogen-bond donors (Lipinski definition) is 0. The van der Waals surface area contributed by atoms with E-state index in [0.29, 0.717) is 17.5 Å². The predicted octanol–water partition coefficient (Wildman–Crippen LogP) is 10.7. The van der Waals surface area contributed by atoms with Crippen LogP contribution in [0, 0.1) is 5.92 Å². The van der Waals surface area contributed by atoms with Gasteiger partial charge in [-0.1, -0.05) is 194 Å². The topological polar surface area (TPSA) is 51.0 Å². The minimum absolute atomic E-state index is 0.0313. The zero-order chi connectivity index (χ0) is 37.7. The van der Waals surface area contributed by atoms with Crippen molar-refractivity contribution in [3.8, 4) is 34.2 Å². The molecule has 11 rings (SSSR count). The van der Waals surface area contributed by atoms with Crippen molar-refractivity contribution in [1.82, 2.24) is 15.0 Å². The highest BCUT2D eigenvalue weighted by Gasteiger charge is 2.34. The summed E-state index contributed by atoms with van der Waals surface area (Å²) in [4.78, 5) is 21.0. The fourth-order valence-electron chi connectivity index (χ4n) is 8.56. The second-order valence-electron chi connectivity index (χ2n) is 14.5. The van der Waals surface area contributed by atoms with Crippen molar-refractivity contribution in [2.24, 2.45) is 10.9 Å². The molecule has 1 aromatic heterocycles. The quantitative estimate of drug-likeness (QED) is 0.171. The average molecular weight is 727 g/mol. The van der Waals surface area contributed by atoms with Crippen molar-refractivity contribution in [2.45, 2.75) is 0 Å². The van der Waals surface area contributed by atoms with Gasteiger partial charge >= 0.3 is 0 Å². The van der Waals surface area contributed by atoms with Crippen LogP contribution in [0.15, 0.2) is 205 Å². The number of allylic oxidation sites excluding steroid dienone is 1. The first-order valence-electron chi connectivity index (χ1n) is 19.3. The summed E-state index contributed by atoms with van der Waals surface area (Å²) in [5, 5.41) is 6.99. The molecule has 0 saturated heterocycles. The lowest BCUT2D eigenvalue weighted by atomic mass is 9.80. The molecule has 4 heteroatoms. The van der Waals surface area contributed by atoms with Crippen LogP contribution in [0.3, 0.4) is 0 Å². The molecule has 1 unspecified atom stereocenters. The molecule has 0 amide bonds. The van der Waals surface area contributed by atoms with Crippen molar-refractivity contribution in [3.63, 3.8) is 0 Å². The summed E-state index contributed by atoms with van der Waals surface area (Å²) >= 11 is 0. The Labute approximate surface area is 330 Å². The van der Waals surface area contributed by atoms with Gasteiger partial charge in [-0.25, -0.2) is 15.0 Å². The Kier molecular flexibility index (Phi) is 7.85. The molecule has 1 aliphatic heterocycles. The molecule has 0 bridgehead atoms. The molecule has 8 aromatic carbocycles. The highest BCUT2D eigenvalue weighted by Crippen LogP contribution is 2.40. The van der Waals surface area contributed by atoms with Gasteiger partial charge in [-0.15, -0.1) is 0 Å². The Bertz CT molecular complexity index is 3110. The van der Waals surface area contributed by atoms with E-state index in [0.717, 1.165) is 60.8 Å². The van der Waals surface area contributed by atoms with Gasteiger partial charge in [0.15, 0.2) is 17.5 Å². The van der Waals surface area contributed by atoms with Crippen LogP contribution in [0.5, 0.6) is 0 Å². The standard InChI is InChI=1S/C53H34N4/c1-3-17-36(18-4-1)47-33-46-42-25-11-12-26-43(42)48(37-19-5-2-6-20-37)49(46)50(54-47)38-29-31-39(32-30-38)51-55-52(44-27-13-21-34-15-7-9-23-40(34)44)57-53(56-51)45-28-14-22-35-16-8-10-24-41(35)45/h1-33,49H. The first-order chi connectivity index (χ1) is 28.3. The molecule has 266 valence electrons. The molecule has 9 aromatic rings. The summed E-state index contributed by atoms with van der Waals surface area (Å²) in [5.74, 6) is 1.87. The van der Waals surface area contributed by atoms with E-state index in [-0.39, 0.29) is 5.92 Å². The number of nitrogens with zero attached hydrogens (tertiary/aromatic N) is 4. The number of hydrogen-bond acceptors (Lipinski definition) is 4. The molecule has 1 aliphatic carbocycles. The first-order valence-corrected chi connectivity index (χ1v) is 19.3. The van der Waals surface area contributed by atoms with Gasteiger partial charge in [0.05, 0.1) is 17.3 Å². The Balaban J connectivity index is 1.08. The number of aliphatic imine (C=N–C) groups is 1. The predicted molar refractivity (Wildman–Crippen MR) is 234 cm³/mol. The summed E-state index contributed by atoms with van der Waals surface area (Å²) < 4.78 is 0. The van der Waals surface area contributed by atoms with Crippen molar-refractivity contribution >= 4 is 44.1 Å². The average Bonchev–Trinajstić information content (AvgIpc) is 3.63. The van der Waals surface area contributed by atoms with Crippen LogP contribution < -0.4 is 10.4 Å². The molecule has 4 nitrogen and oxygen atoms in total. The van der Waals surface area contributed by atoms with Gasteiger partial charge in [-0.05, 0) is 60.3 Å². The zero-order valence-electron chi connectivity index (χ0n) is 30.9. The number of aromatic nitrogens is 3. The zero-order valence-corrected chi connectivity index (χ0v) is 30.9. The summed E-state index contributed by atoms with van der Waals surface area (Å²) in [6.07, 6.45) is 2.29. The minimum Gasteiger partial charge on any atom is -0.251 e. The summed E-state index contributed by atoms with van der Waals surface area (Å²) in [6, 6.07) is 68.1. The maximum atomic E-state index is 5.49. The molecule has 57 heavy (non-hydrogen) atoms. The lowest BCUT2D eigenvalue weighted by Crippen LogP contribution is -2.23. The van der Waals surface area contributed by atoms with E-state index in [1.165, 1.54) is 27.1 Å². The number of rotatable bonds is 6. The van der Waals surface area contributed by atoms with E-state index in [2.05, 4.69) is 200 Å². The monoisotopic (exact) mass is 726 g/mol. The molecular weight excluding hydrogens is 693 g/mol. The van der Waals surface area contributed by atoms with Gasteiger partial charge in [0.25, 0.3) is 0 Å². The van der Waals surface area contributed by atoms with E-state index in [1.54, 1.807) is 0 Å². The third-order valence-electron chi connectivity index (χ3n) is 11.2. The fraction of sp³-hybridized carbons (Fsp3) is 0.0189. The molecule has 0 saturated carbocycles. The number of benzene rings is 8. The van der Waals surface area contributed by atoms with Crippen LogP contribution in [0.4, 0.5) is 0 Å². The van der Waals surface area contributed by atoms with Gasteiger partial charge in [0, 0.05) is 22.3 Å². The Morgan fingerprint density at radius 2 is 0.842 bits per heavy atom. The van der Waals surface area contributed by atoms with Crippen LogP contribution in [-0.4, -0.2) is 20.7 Å². The van der Waals surface area contributed by atoms with Crippen molar-refractivity contribution in [1.29, 1.82) is 0 Å². The van der Waals surface area contributed by atoms with Crippen molar-refractivity contribution < 1.29 is 0 Å². The minimum atomic E-state index is -0.0313. The Morgan fingerprint density at radius 1 is 0.351 bits per heavy atom. The molecule has 0 spiro atoms. The van der Waals surface area contributed by atoms with E-state index in [9.17, 15) is 0 Å². The molecule has 0 radical (unpaired) electrons. The molecule has 0 N–H and O–H groups in total. The SMILES string of the molecule is C1=C(c2ccccc2)N=C(c2ccc(-c3nc(-c4cccc5ccccc45)nc(-c4cccc5ccccc45)n3)cc2)C2C1=c1ccccc1=C2c1ccccc1. The summed E-state index contributed by atoms with van der Waals surface area (Å²) in [6.45, 7) is 0. The summed E-state index contributed by atoms with van der Waals surface area (Å²) in [5.41, 5.74) is 10.7. The van der Waals surface area contributed by atoms with E-state index in [1.807, 2.05) is 0 Å². The highest BCUT2D eigenvalue weighted by molar-refractivity contribution is 6.19. The largest absolute Gasteiger partial charge is 0.251 e. The van der Waals surface area contributed by atoms with Gasteiger partial charge in [0.2, 0.25) is 0 Å². The molecule has 1 atom stereocenters. The van der Waals surface area contributed by atoms with Gasteiger partial charge in [-0.3, -0.25) is 4.99 Å². The van der Waals surface area contributed by atoms with Crippen molar-refractivity contribution in [2.75, 3.05) is 0 Å². The summed E-state index contributed by atoms with van der Waals surface area (Å²) in [7, 11) is 0. The van der Waals surface area contributed by atoms with Crippen LogP contribution in [0.2, 0.25) is 0 Å². The Hall–Kier alpha value is -7.56. The Morgan fingerprint density at radius 3 is 1.47 bits per heavy atom. The van der Waals surface area contributed by atoms with Crippen LogP contribution in [-0.2, 0) is 0 Å². The lowest BCUT2D eigenvalue weighted by molar-refractivity contribution is 1.08. The smallest absolute Gasteiger partial charge is 0.164 e. The van der Waals surface area contributed by atoms with Gasteiger partial charge in [-0.2, -0.15) is 0 Å². The molecule has 2 aliphatic rings. The number of fused-ring (bicyclic) bond motifs is 4. The third-order valence-corrected chi connectivity index (χ3v) is 11.2. The second-order valence-corrected chi connectivity index (χ2v) is 14.5. The molecule has 0 fully saturated rings. The van der Waals surface area contributed by atoms with Gasteiger partial charge < -0.3 is 0 Å². The third kappa shape index (κ3) is 5.70. The molecular formula is C53H34N4. The maximum absolute atomic E-state index is 5.49. The normalized spacial score (nSPS) is 14.6. The lowest BCUT2D eigenvalue weighted by Gasteiger charge is -2.26. The maximum Gasteiger partial charge on any atom is 0.164 e. The molecule has 2 heterocycles. The van der Waals surface area contributed by atoms with E-state index >= 15 is 0 Å². The second kappa shape index (κ2) is 13.6. The highest BCUT2D eigenvalue weighted by atomic mass is 15.0. The van der Waals surface area contributed by atoms with Crippen LogP contribution in [0.25, 0.3) is 72.6 Å². The van der Waals surface area contributed by atoms with Crippen LogP contribution >= 0.6 is 0 Å². The fourth-order valence-corrected chi connectivity index (χ4v) is 8.56. The van der Waals surface area contributed by atoms with E-state index < -0.39 is 0 Å². The van der Waals surface area contributed by atoms with Gasteiger partial charge in [0.1, 0.15) is 0 Å².